The van der Waals surface area contributed by atoms with E-state index in [1.54, 1.807) is 30.3 Å². The monoisotopic (exact) mass is 367 g/mol. The van der Waals surface area contributed by atoms with Crippen molar-refractivity contribution in [2.75, 3.05) is 11.9 Å². The van der Waals surface area contributed by atoms with Crippen LogP contribution in [-0.2, 0) is 6.42 Å². The molecule has 23 heavy (non-hydrogen) atoms. The lowest BCUT2D eigenvalue weighted by molar-refractivity contribution is 0.100. The summed E-state index contributed by atoms with van der Waals surface area (Å²) in [4.78, 5) is 11.0. The highest BCUT2D eigenvalue weighted by Gasteiger charge is 2.02. The molecule has 2 aromatic rings. The lowest BCUT2D eigenvalue weighted by Gasteiger charge is -2.11. The predicted molar refractivity (Wildman–Crippen MR) is 99.3 cm³/mol. The van der Waals surface area contributed by atoms with E-state index in [9.17, 15) is 4.79 Å². The molecule has 0 aliphatic rings. The van der Waals surface area contributed by atoms with Crippen LogP contribution in [0.1, 0.15) is 15.9 Å². The van der Waals surface area contributed by atoms with Crippen LogP contribution in [0.3, 0.4) is 0 Å². The van der Waals surface area contributed by atoms with E-state index in [2.05, 4.69) is 10.6 Å². The molecule has 0 fully saturated rings. The van der Waals surface area contributed by atoms with Crippen LogP contribution in [-0.4, -0.2) is 17.6 Å². The second kappa shape index (κ2) is 8.15. The van der Waals surface area contributed by atoms with Crippen LogP contribution in [0.4, 0.5) is 5.69 Å². The van der Waals surface area contributed by atoms with Crippen molar-refractivity contribution in [3.63, 3.8) is 0 Å². The van der Waals surface area contributed by atoms with E-state index in [1.165, 1.54) is 0 Å². The highest BCUT2D eigenvalue weighted by molar-refractivity contribution is 7.80. The molecule has 4 N–H and O–H groups in total. The van der Waals surface area contributed by atoms with Gasteiger partial charge in [0.2, 0.25) is 5.91 Å². The van der Waals surface area contributed by atoms with Gasteiger partial charge in [0.15, 0.2) is 5.11 Å². The first-order chi connectivity index (χ1) is 11.0. The molecule has 0 saturated heterocycles. The first kappa shape index (κ1) is 17.5. The van der Waals surface area contributed by atoms with E-state index in [0.717, 1.165) is 17.7 Å². The van der Waals surface area contributed by atoms with E-state index < -0.39 is 5.91 Å². The van der Waals surface area contributed by atoms with Crippen molar-refractivity contribution in [1.29, 1.82) is 0 Å². The Bertz CT molecular complexity index is 720. The number of primary amides is 1. The molecule has 0 aliphatic carbocycles. The summed E-state index contributed by atoms with van der Waals surface area (Å²) in [5, 5.41) is 7.72. The van der Waals surface area contributed by atoms with Crippen molar-refractivity contribution in [3.8, 4) is 0 Å². The number of benzene rings is 2. The van der Waals surface area contributed by atoms with Gasteiger partial charge in [-0.15, -0.1) is 0 Å². The number of hydrogen-bond acceptors (Lipinski definition) is 2. The number of nitrogens with two attached hydrogens (primary N) is 1. The van der Waals surface area contributed by atoms with Crippen molar-refractivity contribution < 1.29 is 4.79 Å². The summed E-state index contributed by atoms with van der Waals surface area (Å²) in [6.45, 7) is 0.656. The zero-order valence-electron chi connectivity index (χ0n) is 12.1. The number of nitrogens with one attached hydrogen (secondary N) is 2. The molecular formula is C16H15Cl2N3OS. The van der Waals surface area contributed by atoms with Gasteiger partial charge in [0.1, 0.15) is 0 Å². The fraction of sp³-hybridized carbons (Fsp3) is 0.125. The molecule has 0 aliphatic heterocycles. The lowest BCUT2D eigenvalue weighted by Crippen LogP contribution is -2.30. The normalized spacial score (nSPS) is 10.2. The van der Waals surface area contributed by atoms with Gasteiger partial charge in [-0.05, 0) is 60.6 Å². The summed E-state index contributed by atoms with van der Waals surface area (Å²) in [7, 11) is 0. The van der Waals surface area contributed by atoms with Gasteiger partial charge in [0.05, 0.1) is 10.0 Å². The van der Waals surface area contributed by atoms with Gasteiger partial charge in [0, 0.05) is 17.8 Å². The van der Waals surface area contributed by atoms with E-state index in [4.69, 9.17) is 41.2 Å². The summed E-state index contributed by atoms with van der Waals surface area (Å²) in [6, 6.07) is 12.3. The second-order valence-corrected chi connectivity index (χ2v) is 6.04. The minimum Gasteiger partial charge on any atom is -0.366 e. The van der Waals surface area contributed by atoms with Gasteiger partial charge < -0.3 is 16.4 Å². The van der Waals surface area contributed by atoms with Crippen molar-refractivity contribution in [1.82, 2.24) is 5.32 Å². The van der Waals surface area contributed by atoms with Crippen LogP contribution in [0, 0.1) is 0 Å². The molecule has 0 unspecified atom stereocenters. The Hall–Kier alpha value is -1.82. The lowest BCUT2D eigenvalue weighted by atomic mass is 10.1. The van der Waals surface area contributed by atoms with Crippen LogP contribution in [0.15, 0.2) is 42.5 Å². The van der Waals surface area contributed by atoms with Crippen LogP contribution < -0.4 is 16.4 Å². The van der Waals surface area contributed by atoms with Crippen LogP contribution in [0.25, 0.3) is 0 Å². The fourth-order valence-corrected chi connectivity index (χ4v) is 2.45. The van der Waals surface area contributed by atoms with Crippen molar-refractivity contribution >= 4 is 52.1 Å². The quantitative estimate of drug-likeness (QED) is 0.706. The maximum atomic E-state index is 11.0. The van der Waals surface area contributed by atoms with Crippen molar-refractivity contribution in [2.24, 2.45) is 5.73 Å². The summed E-state index contributed by atoms with van der Waals surface area (Å²) >= 11 is 17.1. The van der Waals surface area contributed by atoms with Gasteiger partial charge in [-0.2, -0.15) is 0 Å². The Balaban J connectivity index is 1.80. The number of thiocarbonyl (C=S) groups is 1. The van der Waals surface area contributed by atoms with Gasteiger partial charge in [0.25, 0.3) is 0 Å². The summed E-state index contributed by atoms with van der Waals surface area (Å²) < 4.78 is 0. The zero-order chi connectivity index (χ0) is 16.8. The Morgan fingerprint density at radius 1 is 1.09 bits per heavy atom. The predicted octanol–water partition coefficient (Wildman–Crippen LogP) is 3.62. The molecule has 0 radical (unpaired) electrons. The van der Waals surface area contributed by atoms with Crippen LogP contribution in [0.5, 0.6) is 0 Å². The molecular weight excluding hydrogens is 353 g/mol. The largest absolute Gasteiger partial charge is 0.366 e. The molecule has 0 atom stereocenters. The molecule has 4 nitrogen and oxygen atoms in total. The minimum absolute atomic E-state index is 0.453. The third-order valence-electron chi connectivity index (χ3n) is 3.11. The number of carbonyl (C=O) groups is 1. The molecule has 1 amide bonds. The van der Waals surface area contributed by atoms with Gasteiger partial charge in [-0.1, -0.05) is 29.3 Å². The molecule has 2 rings (SSSR count). The molecule has 0 spiro atoms. The molecule has 7 heteroatoms. The first-order valence-electron chi connectivity index (χ1n) is 6.84. The van der Waals surface area contributed by atoms with E-state index >= 15 is 0 Å². The maximum absolute atomic E-state index is 11.0. The number of rotatable bonds is 5. The van der Waals surface area contributed by atoms with E-state index in [0.29, 0.717) is 27.3 Å². The number of amides is 1. The molecule has 2 aromatic carbocycles. The topological polar surface area (TPSA) is 67.2 Å². The molecule has 0 bridgehead atoms. The summed E-state index contributed by atoms with van der Waals surface area (Å²) in [5.41, 5.74) is 7.49. The fourth-order valence-electron chi connectivity index (χ4n) is 1.91. The van der Waals surface area contributed by atoms with Crippen LogP contribution >= 0.6 is 35.4 Å². The van der Waals surface area contributed by atoms with E-state index in [1.807, 2.05) is 12.1 Å². The highest BCUT2D eigenvalue weighted by atomic mass is 35.5. The third kappa shape index (κ3) is 5.39. The highest BCUT2D eigenvalue weighted by Crippen LogP contribution is 2.22. The number of halogens is 2. The molecule has 0 aromatic heterocycles. The molecule has 0 saturated carbocycles. The minimum atomic E-state index is -0.459. The molecule has 0 heterocycles. The average molecular weight is 368 g/mol. The average Bonchev–Trinajstić information content (AvgIpc) is 2.51. The van der Waals surface area contributed by atoms with Crippen molar-refractivity contribution in [2.45, 2.75) is 6.42 Å². The van der Waals surface area contributed by atoms with Crippen LogP contribution in [0.2, 0.25) is 10.0 Å². The summed E-state index contributed by atoms with van der Waals surface area (Å²) in [6.07, 6.45) is 0.763. The van der Waals surface area contributed by atoms with Gasteiger partial charge in [-0.25, -0.2) is 0 Å². The summed E-state index contributed by atoms with van der Waals surface area (Å²) in [5.74, 6) is -0.459. The Morgan fingerprint density at radius 2 is 1.78 bits per heavy atom. The second-order valence-electron chi connectivity index (χ2n) is 4.82. The van der Waals surface area contributed by atoms with Gasteiger partial charge >= 0.3 is 0 Å². The Kier molecular flexibility index (Phi) is 6.21. The standard InChI is InChI=1S/C16H15Cl2N3OS/c17-13-6-1-10(9-14(13)18)7-8-20-16(23)21-12-4-2-11(3-5-12)15(19)22/h1-6,9H,7-8H2,(H2,19,22)(H2,20,21,23). The maximum Gasteiger partial charge on any atom is 0.248 e. The SMILES string of the molecule is NC(=O)c1ccc(NC(=S)NCCc2ccc(Cl)c(Cl)c2)cc1. The number of anilines is 1. The number of carbonyl (C=O) groups excluding carboxylic acids is 1. The Labute approximate surface area is 150 Å². The Morgan fingerprint density at radius 3 is 2.39 bits per heavy atom. The van der Waals surface area contributed by atoms with Crippen molar-refractivity contribution in [3.05, 3.63) is 63.6 Å². The zero-order valence-corrected chi connectivity index (χ0v) is 14.4. The molecule has 120 valence electrons. The van der Waals surface area contributed by atoms with Gasteiger partial charge in [-0.3, -0.25) is 4.79 Å². The smallest absolute Gasteiger partial charge is 0.248 e. The van der Waals surface area contributed by atoms with E-state index in [-0.39, 0.29) is 0 Å². The third-order valence-corrected chi connectivity index (χ3v) is 4.10. The number of hydrogen-bond donors (Lipinski definition) is 3. The first-order valence-corrected chi connectivity index (χ1v) is 8.01.